The van der Waals surface area contributed by atoms with Crippen molar-refractivity contribution in [2.24, 2.45) is 0 Å². The van der Waals surface area contributed by atoms with Gasteiger partial charge in [0.25, 0.3) is 0 Å². The molecule has 2 heteroatoms. The molecule has 0 spiro atoms. The molecule has 1 aliphatic carbocycles. The molecule has 0 fully saturated rings. The summed E-state index contributed by atoms with van der Waals surface area (Å²) in [4.78, 5) is 11.1. The molecule has 1 aromatic rings. The number of carbonyl (C=O) groups excluding carboxylic acids is 1. The molecule has 0 bridgehead atoms. The van der Waals surface area contributed by atoms with E-state index in [-0.39, 0.29) is 5.78 Å². The van der Waals surface area contributed by atoms with Crippen LogP contribution in [0.4, 0.5) is 0 Å². The fraction of sp³-hybridized carbons (Fsp3) is 0. The standard InChI is InChI=1S/C9H5BrO/c10-8-3-1-2-7-6(8)4-5-9(7)11/h1-5H. The summed E-state index contributed by atoms with van der Waals surface area (Å²) in [6, 6.07) is 5.64. The van der Waals surface area contributed by atoms with Gasteiger partial charge in [-0.25, -0.2) is 0 Å². The number of rotatable bonds is 0. The van der Waals surface area contributed by atoms with Crippen LogP contribution in [0, 0.1) is 0 Å². The Bertz CT molecular complexity index is 353. The molecule has 0 aliphatic heterocycles. The first-order valence-electron chi connectivity index (χ1n) is 3.30. The third-order valence-electron chi connectivity index (χ3n) is 1.72. The van der Waals surface area contributed by atoms with E-state index in [0.717, 1.165) is 15.6 Å². The first-order valence-corrected chi connectivity index (χ1v) is 4.09. The van der Waals surface area contributed by atoms with Crippen molar-refractivity contribution in [3.63, 3.8) is 0 Å². The molecule has 0 saturated heterocycles. The van der Waals surface area contributed by atoms with Crippen LogP contribution in [0.3, 0.4) is 0 Å². The van der Waals surface area contributed by atoms with Gasteiger partial charge in [0, 0.05) is 10.0 Å². The molecule has 0 atom stereocenters. The fourth-order valence-electron chi connectivity index (χ4n) is 1.17. The highest BCUT2D eigenvalue weighted by Crippen LogP contribution is 2.26. The largest absolute Gasteiger partial charge is 0.289 e. The number of halogens is 1. The Hall–Kier alpha value is -0.890. The summed E-state index contributed by atoms with van der Waals surface area (Å²) in [6.07, 6.45) is 3.43. The summed E-state index contributed by atoms with van der Waals surface area (Å²) in [7, 11) is 0. The van der Waals surface area contributed by atoms with Gasteiger partial charge in [0.15, 0.2) is 5.78 Å². The van der Waals surface area contributed by atoms with Crippen LogP contribution in [0.15, 0.2) is 28.7 Å². The molecule has 0 aromatic heterocycles. The molecule has 0 unspecified atom stereocenters. The van der Waals surface area contributed by atoms with Crippen molar-refractivity contribution in [1.82, 2.24) is 0 Å². The van der Waals surface area contributed by atoms with Gasteiger partial charge >= 0.3 is 0 Å². The topological polar surface area (TPSA) is 17.1 Å². The summed E-state index contributed by atoms with van der Waals surface area (Å²) in [5, 5.41) is 0. The van der Waals surface area contributed by atoms with Gasteiger partial charge in [-0.2, -0.15) is 0 Å². The van der Waals surface area contributed by atoms with E-state index >= 15 is 0 Å². The number of ketones is 1. The van der Waals surface area contributed by atoms with E-state index in [1.54, 1.807) is 6.08 Å². The third-order valence-corrected chi connectivity index (χ3v) is 2.41. The van der Waals surface area contributed by atoms with Gasteiger partial charge in [0.2, 0.25) is 0 Å². The van der Waals surface area contributed by atoms with Gasteiger partial charge < -0.3 is 0 Å². The van der Waals surface area contributed by atoms with Crippen LogP contribution in [0.25, 0.3) is 6.08 Å². The lowest BCUT2D eigenvalue weighted by Gasteiger charge is -1.97. The van der Waals surface area contributed by atoms with Gasteiger partial charge in [-0.3, -0.25) is 4.79 Å². The number of fused-ring (bicyclic) bond motifs is 1. The maximum atomic E-state index is 11.1. The smallest absolute Gasteiger partial charge is 0.186 e. The maximum Gasteiger partial charge on any atom is 0.186 e. The minimum atomic E-state index is 0.0984. The Kier molecular flexibility index (Phi) is 1.43. The predicted molar refractivity (Wildman–Crippen MR) is 47.5 cm³/mol. The summed E-state index contributed by atoms with van der Waals surface area (Å²) in [6.45, 7) is 0. The van der Waals surface area contributed by atoms with E-state index in [9.17, 15) is 4.79 Å². The first-order chi connectivity index (χ1) is 5.29. The lowest BCUT2D eigenvalue weighted by molar-refractivity contribution is 0.105. The SMILES string of the molecule is O=C1C=Cc2c(Br)cccc21. The number of hydrogen-bond acceptors (Lipinski definition) is 1. The number of hydrogen-bond donors (Lipinski definition) is 0. The maximum absolute atomic E-state index is 11.1. The molecule has 0 amide bonds. The van der Waals surface area contributed by atoms with Crippen molar-refractivity contribution >= 4 is 27.8 Å². The second kappa shape index (κ2) is 2.31. The van der Waals surface area contributed by atoms with Crippen LogP contribution in [0.5, 0.6) is 0 Å². The zero-order chi connectivity index (χ0) is 7.84. The fourth-order valence-corrected chi connectivity index (χ4v) is 1.67. The molecule has 1 aliphatic rings. The number of carbonyl (C=O) groups is 1. The molecular formula is C9H5BrO. The lowest BCUT2D eigenvalue weighted by atomic mass is 10.1. The predicted octanol–water partition coefficient (Wildman–Crippen LogP) is 2.66. The highest BCUT2D eigenvalue weighted by atomic mass is 79.9. The van der Waals surface area contributed by atoms with E-state index in [1.165, 1.54) is 0 Å². The molecule has 0 radical (unpaired) electrons. The molecule has 0 saturated carbocycles. The van der Waals surface area contributed by atoms with E-state index in [2.05, 4.69) is 15.9 Å². The van der Waals surface area contributed by atoms with Crippen molar-refractivity contribution in [3.05, 3.63) is 39.9 Å². The minimum Gasteiger partial charge on any atom is -0.289 e. The van der Waals surface area contributed by atoms with Crippen molar-refractivity contribution in [3.8, 4) is 0 Å². The highest BCUT2D eigenvalue weighted by Gasteiger charge is 2.14. The highest BCUT2D eigenvalue weighted by molar-refractivity contribution is 9.10. The zero-order valence-corrected chi connectivity index (χ0v) is 7.26. The Balaban J connectivity index is 2.74. The molecule has 54 valence electrons. The molecule has 2 rings (SSSR count). The van der Waals surface area contributed by atoms with Crippen molar-refractivity contribution in [2.45, 2.75) is 0 Å². The molecule has 1 aromatic carbocycles. The van der Waals surface area contributed by atoms with E-state index in [1.807, 2.05) is 24.3 Å². The van der Waals surface area contributed by atoms with E-state index in [4.69, 9.17) is 0 Å². The van der Waals surface area contributed by atoms with Crippen LogP contribution in [-0.4, -0.2) is 5.78 Å². The van der Waals surface area contributed by atoms with Gasteiger partial charge in [-0.1, -0.05) is 28.1 Å². The normalized spacial score (nSPS) is 13.7. The van der Waals surface area contributed by atoms with Crippen LogP contribution in [0.1, 0.15) is 15.9 Å². The molecule has 1 nitrogen and oxygen atoms in total. The zero-order valence-electron chi connectivity index (χ0n) is 5.67. The Morgan fingerprint density at radius 1 is 1.18 bits per heavy atom. The summed E-state index contributed by atoms with van der Waals surface area (Å²) in [5.41, 5.74) is 1.79. The van der Waals surface area contributed by atoms with Crippen LogP contribution in [0.2, 0.25) is 0 Å². The van der Waals surface area contributed by atoms with E-state index < -0.39 is 0 Å². The van der Waals surface area contributed by atoms with Crippen molar-refractivity contribution < 1.29 is 4.79 Å². The second-order valence-corrected chi connectivity index (χ2v) is 3.25. The quantitative estimate of drug-likeness (QED) is 0.641. The number of benzene rings is 1. The van der Waals surface area contributed by atoms with Gasteiger partial charge in [0.1, 0.15) is 0 Å². The van der Waals surface area contributed by atoms with Crippen molar-refractivity contribution in [2.75, 3.05) is 0 Å². The van der Waals surface area contributed by atoms with Gasteiger partial charge in [-0.05, 0) is 23.8 Å². The Morgan fingerprint density at radius 3 is 2.73 bits per heavy atom. The molecule has 0 heterocycles. The van der Waals surface area contributed by atoms with Crippen LogP contribution >= 0.6 is 15.9 Å². The summed E-state index contributed by atoms with van der Waals surface area (Å²) >= 11 is 3.37. The Labute approximate surface area is 72.9 Å². The first kappa shape index (κ1) is 6.80. The number of allylic oxidation sites excluding steroid dienone is 1. The van der Waals surface area contributed by atoms with E-state index in [0.29, 0.717) is 0 Å². The van der Waals surface area contributed by atoms with Crippen LogP contribution in [-0.2, 0) is 0 Å². The lowest BCUT2D eigenvalue weighted by Crippen LogP contribution is -1.90. The molecule has 11 heavy (non-hydrogen) atoms. The second-order valence-electron chi connectivity index (χ2n) is 2.40. The van der Waals surface area contributed by atoms with Gasteiger partial charge in [0.05, 0.1) is 0 Å². The Morgan fingerprint density at radius 2 is 2.00 bits per heavy atom. The van der Waals surface area contributed by atoms with Gasteiger partial charge in [-0.15, -0.1) is 0 Å². The average Bonchev–Trinajstić information content (AvgIpc) is 2.35. The molecular weight excluding hydrogens is 204 g/mol. The van der Waals surface area contributed by atoms with Crippen molar-refractivity contribution in [1.29, 1.82) is 0 Å². The summed E-state index contributed by atoms with van der Waals surface area (Å²) < 4.78 is 0.983. The minimum absolute atomic E-state index is 0.0984. The summed E-state index contributed by atoms with van der Waals surface area (Å²) in [5.74, 6) is 0.0984. The third kappa shape index (κ3) is 0.942. The molecule has 0 N–H and O–H groups in total. The average molecular weight is 209 g/mol. The van der Waals surface area contributed by atoms with Crippen LogP contribution < -0.4 is 0 Å². The monoisotopic (exact) mass is 208 g/mol.